The van der Waals surface area contributed by atoms with Crippen LogP contribution in [0.15, 0.2) is 66.7 Å². The van der Waals surface area contributed by atoms with E-state index in [2.05, 4.69) is 10.4 Å². The molecule has 1 heterocycles. The number of aryl methyl sites for hydroxylation is 1. The van der Waals surface area contributed by atoms with Crippen molar-refractivity contribution in [3.05, 3.63) is 93.7 Å². The van der Waals surface area contributed by atoms with E-state index in [1.165, 1.54) is 24.3 Å². The van der Waals surface area contributed by atoms with Gasteiger partial charge in [-0.15, -0.1) is 0 Å². The second kappa shape index (κ2) is 8.09. The quantitative estimate of drug-likeness (QED) is 0.410. The molecule has 0 aliphatic heterocycles. The molecule has 7 nitrogen and oxygen atoms in total. The Labute approximate surface area is 156 Å². The smallest absolute Gasteiger partial charge is 0.270 e. The number of nitrogens with one attached hydrogen (secondary N) is 1. The molecule has 0 fully saturated rings. The first-order chi connectivity index (χ1) is 13.0. The molecular weight excluding hydrogens is 344 g/mol. The molecule has 0 radical (unpaired) electrons. The minimum absolute atomic E-state index is 0.0193. The van der Waals surface area contributed by atoms with Crippen LogP contribution in [0.1, 0.15) is 16.8 Å². The second-order valence-corrected chi connectivity index (χ2v) is 5.99. The molecule has 0 atom stereocenters. The van der Waals surface area contributed by atoms with Gasteiger partial charge in [0.2, 0.25) is 5.91 Å². The molecule has 3 rings (SSSR count). The van der Waals surface area contributed by atoms with Crippen LogP contribution in [0.3, 0.4) is 0 Å². The normalized spacial score (nSPS) is 10.9. The fourth-order valence-electron chi connectivity index (χ4n) is 2.60. The van der Waals surface area contributed by atoms with E-state index < -0.39 is 4.92 Å². The standard InChI is InChI=1S/C20H18N4O3/c1-15-12-19(23(22-15)14-17-6-3-2-4-7-17)21-20(25)11-10-16-8-5-9-18(13-16)24(26)27/h2-13H,14H2,1H3,(H,21,25). The zero-order chi connectivity index (χ0) is 19.2. The number of hydrogen-bond acceptors (Lipinski definition) is 4. The Morgan fingerprint density at radius 3 is 2.70 bits per heavy atom. The van der Waals surface area contributed by atoms with Gasteiger partial charge in [0, 0.05) is 24.3 Å². The van der Waals surface area contributed by atoms with Gasteiger partial charge in [0.15, 0.2) is 0 Å². The van der Waals surface area contributed by atoms with Crippen LogP contribution in [0.4, 0.5) is 11.5 Å². The van der Waals surface area contributed by atoms with Gasteiger partial charge in [-0.3, -0.25) is 14.9 Å². The molecule has 1 aromatic heterocycles. The van der Waals surface area contributed by atoms with Crippen molar-refractivity contribution >= 4 is 23.5 Å². The van der Waals surface area contributed by atoms with Crippen LogP contribution in [0, 0.1) is 17.0 Å². The Morgan fingerprint density at radius 1 is 1.19 bits per heavy atom. The second-order valence-electron chi connectivity index (χ2n) is 5.99. The Morgan fingerprint density at radius 2 is 1.96 bits per heavy atom. The molecule has 1 amide bonds. The third-order valence-electron chi connectivity index (χ3n) is 3.84. The molecule has 0 saturated heterocycles. The highest BCUT2D eigenvalue weighted by Crippen LogP contribution is 2.15. The van der Waals surface area contributed by atoms with Crippen molar-refractivity contribution in [1.29, 1.82) is 0 Å². The number of nitro benzene ring substituents is 1. The lowest BCUT2D eigenvalue weighted by atomic mass is 10.2. The average Bonchev–Trinajstić information content (AvgIpc) is 3.00. The first kappa shape index (κ1) is 18.1. The summed E-state index contributed by atoms with van der Waals surface area (Å²) in [7, 11) is 0. The number of non-ortho nitro benzene ring substituents is 1. The summed E-state index contributed by atoms with van der Waals surface area (Å²) in [5.74, 6) is 0.251. The summed E-state index contributed by atoms with van der Waals surface area (Å²) in [6.07, 6.45) is 2.88. The molecule has 0 saturated carbocycles. The lowest BCUT2D eigenvalue weighted by molar-refractivity contribution is -0.384. The zero-order valence-electron chi connectivity index (χ0n) is 14.7. The van der Waals surface area contributed by atoms with Crippen molar-refractivity contribution in [3.63, 3.8) is 0 Å². The van der Waals surface area contributed by atoms with Crippen LogP contribution in [-0.4, -0.2) is 20.6 Å². The molecule has 136 valence electrons. The summed E-state index contributed by atoms with van der Waals surface area (Å²) in [6, 6.07) is 17.7. The van der Waals surface area contributed by atoms with Gasteiger partial charge in [-0.2, -0.15) is 5.10 Å². The molecule has 2 aromatic carbocycles. The van der Waals surface area contributed by atoms with E-state index in [4.69, 9.17) is 0 Å². The number of hydrogen-bond donors (Lipinski definition) is 1. The lowest BCUT2D eigenvalue weighted by Crippen LogP contribution is -2.13. The number of rotatable bonds is 6. The van der Waals surface area contributed by atoms with Crippen molar-refractivity contribution in [3.8, 4) is 0 Å². The average molecular weight is 362 g/mol. The Balaban J connectivity index is 1.71. The minimum Gasteiger partial charge on any atom is -0.307 e. The van der Waals surface area contributed by atoms with Crippen LogP contribution in [0.2, 0.25) is 0 Å². The van der Waals surface area contributed by atoms with Crippen molar-refractivity contribution in [2.75, 3.05) is 5.32 Å². The van der Waals surface area contributed by atoms with E-state index >= 15 is 0 Å². The molecule has 0 spiro atoms. The fourth-order valence-corrected chi connectivity index (χ4v) is 2.60. The van der Waals surface area contributed by atoms with Crippen molar-refractivity contribution < 1.29 is 9.72 Å². The summed E-state index contributed by atoms with van der Waals surface area (Å²) >= 11 is 0. The number of nitrogens with zero attached hydrogens (tertiary/aromatic N) is 3. The van der Waals surface area contributed by atoms with Crippen LogP contribution < -0.4 is 5.32 Å². The van der Waals surface area contributed by atoms with E-state index in [1.807, 2.05) is 37.3 Å². The molecule has 0 aliphatic rings. The number of nitro groups is 1. The van der Waals surface area contributed by atoms with Gasteiger partial charge in [-0.1, -0.05) is 42.5 Å². The van der Waals surface area contributed by atoms with Crippen molar-refractivity contribution in [2.24, 2.45) is 0 Å². The minimum atomic E-state index is -0.470. The fraction of sp³-hybridized carbons (Fsp3) is 0.100. The molecule has 27 heavy (non-hydrogen) atoms. The van der Waals surface area contributed by atoms with Gasteiger partial charge in [0.1, 0.15) is 5.82 Å². The maximum atomic E-state index is 12.2. The van der Waals surface area contributed by atoms with Crippen molar-refractivity contribution in [1.82, 2.24) is 9.78 Å². The maximum Gasteiger partial charge on any atom is 0.270 e. The summed E-state index contributed by atoms with van der Waals surface area (Å²) in [4.78, 5) is 22.6. The van der Waals surface area contributed by atoms with Gasteiger partial charge < -0.3 is 5.32 Å². The predicted octanol–water partition coefficient (Wildman–Crippen LogP) is 3.80. The van der Waals surface area contributed by atoms with Gasteiger partial charge >= 0.3 is 0 Å². The van der Waals surface area contributed by atoms with Gasteiger partial charge in [-0.05, 0) is 24.1 Å². The highest BCUT2D eigenvalue weighted by molar-refractivity contribution is 6.01. The van der Waals surface area contributed by atoms with E-state index in [0.717, 1.165) is 11.3 Å². The van der Waals surface area contributed by atoms with Gasteiger partial charge in [0.05, 0.1) is 17.2 Å². The summed E-state index contributed by atoms with van der Waals surface area (Å²) in [6.45, 7) is 2.40. The van der Waals surface area contributed by atoms with Gasteiger partial charge in [-0.25, -0.2) is 4.68 Å². The molecule has 0 aliphatic carbocycles. The zero-order valence-corrected chi connectivity index (χ0v) is 14.7. The monoisotopic (exact) mass is 362 g/mol. The molecule has 0 bridgehead atoms. The highest BCUT2D eigenvalue weighted by atomic mass is 16.6. The molecule has 0 unspecified atom stereocenters. The topological polar surface area (TPSA) is 90.1 Å². The van der Waals surface area contributed by atoms with Crippen LogP contribution in [-0.2, 0) is 11.3 Å². The van der Waals surface area contributed by atoms with Crippen LogP contribution in [0.5, 0.6) is 0 Å². The summed E-state index contributed by atoms with van der Waals surface area (Å²) < 4.78 is 1.73. The summed E-state index contributed by atoms with van der Waals surface area (Å²) in [5.41, 5.74) is 2.43. The number of anilines is 1. The predicted molar refractivity (Wildman–Crippen MR) is 103 cm³/mol. The lowest BCUT2D eigenvalue weighted by Gasteiger charge is -2.07. The number of benzene rings is 2. The Bertz CT molecular complexity index is 993. The van der Waals surface area contributed by atoms with E-state index in [9.17, 15) is 14.9 Å². The number of aromatic nitrogens is 2. The number of carbonyl (C=O) groups is 1. The Hall–Kier alpha value is -3.74. The third-order valence-corrected chi connectivity index (χ3v) is 3.84. The Kier molecular flexibility index (Phi) is 5.41. The van der Waals surface area contributed by atoms with Crippen LogP contribution >= 0.6 is 0 Å². The van der Waals surface area contributed by atoms with E-state index in [-0.39, 0.29) is 11.6 Å². The molecule has 1 N–H and O–H groups in total. The first-order valence-corrected chi connectivity index (χ1v) is 8.33. The molecular formula is C20H18N4O3. The molecule has 7 heteroatoms. The first-order valence-electron chi connectivity index (χ1n) is 8.33. The van der Waals surface area contributed by atoms with Gasteiger partial charge in [0.25, 0.3) is 5.69 Å². The number of carbonyl (C=O) groups excluding carboxylic acids is 1. The van der Waals surface area contributed by atoms with Crippen LogP contribution in [0.25, 0.3) is 6.08 Å². The highest BCUT2D eigenvalue weighted by Gasteiger charge is 2.09. The summed E-state index contributed by atoms with van der Waals surface area (Å²) in [5, 5.41) is 18.0. The van der Waals surface area contributed by atoms with E-state index in [1.54, 1.807) is 22.9 Å². The molecule has 3 aromatic rings. The number of amides is 1. The third kappa shape index (κ3) is 4.88. The largest absolute Gasteiger partial charge is 0.307 e. The van der Waals surface area contributed by atoms with E-state index in [0.29, 0.717) is 17.9 Å². The maximum absolute atomic E-state index is 12.2. The SMILES string of the molecule is Cc1cc(NC(=O)C=Cc2cccc([N+](=O)[O-])c2)n(Cc2ccccc2)n1. The van der Waals surface area contributed by atoms with Crippen molar-refractivity contribution in [2.45, 2.75) is 13.5 Å².